The summed E-state index contributed by atoms with van der Waals surface area (Å²) in [6.07, 6.45) is 2.63. The van der Waals surface area contributed by atoms with Crippen LogP contribution in [0.5, 0.6) is 0 Å². The fourth-order valence-corrected chi connectivity index (χ4v) is 2.52. The van der Waals surface area contributed by atoms with Crippen molar-refractivity contribution in [3.8, 4) is 5.97 Å². The number of amides is 1. The van der Waals surface area contributed by atoms with Gasteiger partial charge >= 0.3 is 0 Å². The van der Waals surface area contributed by atoms with E-state index in [9.17, 15) is 4.79 Å². The summed E-state index contributed by atoms with van der Waals surface area (Å²) >= 11 is 0. The van der Waals surface area contributed by atoms with Crippen molar-refractivity contribution < 1.29 is 4.79 Å². The van der Waals surface area contributed by atoms with E-state index in [0.29, 0.717) is 6.54 Å². The van der Waals surface area contributed by atoms with Crippen LogP contribution < -0.4 is 11.1 Å². The third-order valence-corrected chi connectivity index (χ3v) is 3.22. The maximum atomic E-state index is 11.4. The fourth-order valence-electron chi connectivity index (χ4n) is 2.52. The van der Waals surface area contributed by atoms with Gasteiger partial charge in [0.1, 0.15) is 0 Å². The molecule has 13 heavy (non-hydrogen) atoms. The van der Waals surface area contributed by atoms with Crippen LogP contribution in [0.2, 0.25) is 12.1 Å². The third-order valence-electron chi connectivity index (χ3n) is 3.22. The summed E-state index contributed by atoms with van der Waals surface area (Å²) in [4.78, 5) is 11.4. The van der Waals surface area contributed by atoms with Gasteiger partial charge in [0, 0.05) is 18.1 Å². The maximum absolute atomic E-state index is 11.4. The molecule has 2 rings (SSSR count). The Morgan fingerprint density at radius 3 is 3.23 bits per heavy atom. The minimum absolute atomic E-state index is 0.0336. The summed E-state index contributed by atoms with van der Waals surface area (Å²) in [5.74, 6) is 1.88. The first-order valence-electron chi connectivity index (χ1n) is 4.63. The van der Waals surface area contributed by atoms with Gasteiger partial charge in [-0.15, -0.1) is 0 Å². The summed E-state index contributed by atoms with van der Waals surface area (Å²) in [6, 6.07) is 0. The van der Waals surface area contributed by atoms with Crippen LogP contribution in [-0.2, 0) is 4.79 Å². The van der Waals surface area contributed by atoms with Crippen LogP contribution in [0.15, 0.2) is 0 Å². The Balaban J connectivity index is 2.30. The number of carbonyl (C=O) groups is 1. The quantitative estimate of drug-likeness (QED) is 0.491. The van der Waals surface area contributed by atoms with Crippen molar-refractivity contribution in [2.24, 2.45) is 5.73 Å². The monoisotopic (exact) mass is 177 g/mol. The number of hydrogen-bond donors (Lipinski definition) is 2. The molecule has 68 valence electrons. The van der Waals surface area contributed by atoms with Crippen molar-refractivity contribution >= 4 is 12.6 Å². The molecule has 2 heterocycles. The Morgan fingerprint density at radius 1 is 1.77 bits per heavy atom. The highest BCUT2D eigenvalue weighted by atomic mass is 16.2. The lowest BCUT2D eigenvalue weighted by Crippen LogP contribution is -2.52. The van der Waals surface area contributed by atoms with Crippen LogP contribution in [0, 0.1) is 11.2 Å². The molecule has 5 heteroatoms. The molecule has 0 aromatic rings. The summed E-state index contributed by atoms with van der Waals surface area (Å²) in [7, 11) is 0. The molecule has 0 spiro atoms. The van der Waals surface area contributed by atoms with E-state index in [-0.39, 0.29) is 18.4 Å². The molecule has 0 saturated carbocycles. The first-order chi connectivity index (χ1) is 6.17. The molecule has 2 unspecified atom stereocenters. The molecular formula is C8H12BN3O. The topological polar surface area (TPSA) is 78.9 Å². The second-order valence-corrected chi connectivity index (χ2v) is 4.06. The summed E-state index contributed by atoms with van der Waals surface area (Å²) < 4.78 is 0. The molecule has 2 atom stereocenters. The van der Waals surface area contributed by atoms with Gasteiger partial charge in [-0.25, -0.2) is 5.26 Å². The van der Waals surface area contributed by atoms with E-state index in [2.05, 4.69) is 11.3 Å². The molecule has 4 nitrogen and oxygen atoms in total. The Bertz CT molecular complexity index is 288. The van der Waals surface area contributed by atoms with Gasteiger partial charge in [-0.1, -0.05) is 12.7 Å². The SMILES string of the molecule is N#CB1CCCC2(N)CNC(=O)C12. The maximum Gasteiger partial charge on any atom is 0.282 e. The highest BCUT2D eigenvalue weighted by Crippen LogP contribution is 2.39. The Hall–Kier alpha value is -1.02. The van der Waals surface area contributed by atoms with Gasteiger partial charge in [-0.3, -0.25) is 4.79 Å². The van der Waals surface area contributed by atoms with E-state index in [0.717, 1.165) is 19.2 Å². The van der Waals surface area contributed by atoms with Gasteiger partial charge in [0.2, 0.25) is 5.91 Å². The largest absolute Gasteiger partial charge is 0.355 e. The third kappa shape index (κ3) is 1.13. The minimum Gasteiger partial charge on any atom is -0.355 e. The number of rotatable bonds is 0. The zero-order valence-electron chi connectivity index (χ0n) is 7.42. The first-order valence-corrected chi connectivity index (χ1v) is 4.63. The normalized spacial score (nSPS) is 38.0. The Labute approximate surface area is 77.5 Å². The molecule has 3 N–H and O–H groups in total. The van der Waals surface area contributed by atoms with Gasteiger partial charge in [0.05, 0.1) is 5.82 Å². The van der Waals surface area contributed by atoms with Crippen molar-refractivity contribution in [2.75, 3.05) is 6.54 Å². The smallest absolute Gasteiger partial charge is 0.282 e. The molecule has 0 aromatic heterocycles. The zero-order chi connectivity index (χ0) is 9.47. The van der Waals surface area contributed by atoms with Crippen LogP contribution in [0.1, 0.15) is 12.8 Å². The molecule has 1 amide bonds. The molecular weight excluding hydrogens is 165 g/mol. The van der Waals surface area contributed by atoms with Gasteiger partial charge < -0.3 is 11.1 Å². The van der Waals surface area contributed by atoms with E-state index in [1.165, 1.54) is 0 Å². The highest BCUT2D eigenvalue weighted by Gasteiger charge is 2.53. The number of carbonyl (C=O) groups excluding carboxylic acids is 1. The van der Waals surface area contributed by atoms with Crippen molar-refractivity contribution in [1.82, 2.24) is 5.32 Å². The predicted molar refractivity (Wildman–Crippen MR) is 49.1 cm³/mol. The second kappa shape index (κ2) is 2.74. The molecule has 2 saturated heterocycles. The number of hydrogen-bond acceptors (Lipinski definition) is 3. The fraction of sp³-hybridized carbons (Fsp3) is 0.750. The average molecular weight is 177 g/mol. The molecule has 0 bridgehead atoms. The van der Waals surface area contributed by atoms with E-state index in [1.807, 2.05) is 0 Å². The van der Waals surface area contributed by atoms with Crippen molar-refractivity contribution in [3.05, 3.63) is 0 Å². The summed E-state index contributed by atoms with van der Waals surface area (Å²) in [5.41, 5.74) is 5.64. The standard InChI is InChI=1S/C8H12BN3O/c10-5-9-3-1-2-8(11)4-12-7(13)6(8)9/h6H,1-4,11H2,(H,12,13). The second-order valence-electron chi connectivity index (χ2n) is 4.06. The van der Waals surface area contributed by atoms with E-state index >= 15 is 0 Å². The molecule has 0 aromatic carbocycles. The number of nitrogens with zero attached hydrogens (tertiary/aromatic N) is 1. The molecule has 0 aliphatic carbocycles. The van der Waals surface area contributed by atoms with E-state index < -0.39 is 5.54 Å². The summed E-state index contributed by atoms with van der Waals surface area (Å²) in [5, 5.41) is 11.6. The molecule has 2 aliphatic rings. The summed E-state index contributed by atoms with van der Waals surface area (Å²) in [6.45, 7) is 0.357. The molecule has 2 fully saturated rings. The van der Waals surface area contributed by atoms with E-state index in [4.69, 9.17) is 11.0 Å². The number of nitrogens with two attached hydrogens (primary N) is 1. The van der Waals surface area contributed by atoms with Gasteiger partial charge in [0.15, 0.2) is 0 Å². The number of nitrogens with one attached hydrogen (secondary N) is 1. The van der Waals surface area contributed by atoms with Crippen LogP contribution in [0.3, 0.4) is 0 Å². The molecule has 0 radical (unpaired) electrons. The predicted octanol–water partition coefficient (Wildman–Crippen LogP) is -0.465. The molecule has 2 aliphatic heterocycles. The van der Waals surface area contributed by atoms with Crippen molar-refractivity contribution in [2.45, 2.75) is 30.5 Å². The number of nitriles is 1. The Kier molecular flexibility index (Phi) is 1.81. The number of fused-ring (bicyclic) bond motifs is 1. The minimum atomic E-state index is -0.449. The van der Waals surface area contributed by atoms with Crippen LogP contribution in [-0.4, -0.2) is 24.7 Å². The van der Waals surface area contributed by atoms with Crippen LogP contribution in [0.4, 0.5) is 0 Å². The van der Waals surface area contributed by atoms with Gasteiger partial charge in [0.25, 0.3) is 6.71 Å². The van der Waals surface area contributed by atoms with Gasteiger partial charge in [-0.05, 0) is 6.42 Å². The zero-order valence-corrected chi connectivity index (χ0v) is 7.42. The van der Waals surface area contributed by atoms with Gasteiger partial charge in [-0.2, -0.15) is 0 Å². The Morgan fingerprint density at radius 2 is 2.54 bits per heavy atom. The van der Waals surface area contributed by atoms with Crippen LogP contribution >= 0.6 is 0 Å². The highest BCUT2D eigenvalue weighted by molar-refractivity contribution is 6.72. The van der Waals surface area contributed by atoms with Crippen molar-refractivity contribution in [1.29, 1.82) is 5.26 Å². The van der Waals surface area contributed by atoms with Crippen molar-refractivity contribution in [3.63, 3.8) is 0 Å². The average Bonchev–Trinajstić information content (AvgIpc) is 2.42. The lowest BCUT2D eigenvalue weighted by Gasteiger charge is -2.34. The first kappa shape index (κ1) is 8.58. The van der Waals surface area contributed by atoms with E-state index in [1.54, 1.807) is 0 Å². The lowest BCUT2D eigenvalue weighted by atomic mass is 9.33. The van der Waals surface area contributed by atoms with Crippen LogP contribution in [0.25, 0.3) is 0 Å². The lowest BCUT2D eigenvalue weighted by molar-refractivity contribution is -0.119.